The summed E-state index contributed by atoms with van der Waals surface area (Å²) < 4.78 is 0. The summed E-state index contributed by atoms with van der Waals surface area (Å²) in [4.78, 5) is 2.44. The lowest BCUT2D eigenvalue weighted by Crippen LogP contribution is -2.31. The van der Waals surface area contributed by atoms with Crippen molar-refractivity contribution in [2.75, 3.05) is 0 Å². The topological polar surface area (TPSA) is 41.6 Å². The summed E-state index contributed by atoms with van der Waals surface area (Å²) >= 11 is 8.50. The monoisotopic (exact) mass is 293 g/mol. The van der Waals surface area contributed by atoms with E-state index in [9.17, 15) is 0 Å². The van der Waals surface area contributed by atoms with Crippen molar-refractivity contribution in [3.63, 3.8) is 0 Å². The molecule has 0 spiro atoms. The van der Waals surface area contributed by atoms with Crippen molar-refractivity contribution < 1.29 is 0 Å². The van der Waals surface area contributed by atoms with E-state index in [4.69, 9.17) is 18.0 Å². The van der Waals surface area contributed by atoms with E-state index in [1.54, 1.807) is 27.7 Å². The number of nitrogens with zero attached hydrogens (tertiary/aromatic N) is 2. The molecule has 0 amide bonds. The molecular formula is C12H11N3S3. The molecule has 0 aliphatic carbocycles. The molecule has 1 aliphatic rings. The zero-order valence-corrected chi connectivity index (χ0v) is 11.9. The molecule has 0 saturated heterocycles. The van der Waals surface area contributed by atoms with Gasteiger partial charge in [-0.2, -0.15) is 5.10 Å². The number of thiophene rings is 2. The van der Waals surface area contributed by atoms with Crippen LogP contribution in [0.4, 0.5) is 0 Å². The summed E-state index contributed by atoms with van der Waals surface area (Å²) in [5.41, 5.74) is 6.83. The van der Waals surface area contributed by atoms with Crippen molar-refractivity contribution in [1.82, 2.24) is 5.01 Å². The van der Waals surface area contributed by atoms with Crippen molar-refractivity contribution in [2.45, 2.75) is 12.5 Å². The lowest BCUT2D eigenvalue weighted by Gasteiger charge is -2.20. The maximum atomic E-state index is 5.77. The number of nitrogens with two attached hydrogens (primary N) is 1. The average Bonchev–Trinajstić information content (AvgIpc) is 3.10. The van der Waals surface area contributed by atoms with Gasteiger partial charge < -0.3 is 5.73 Å². The van der Waals surface area contributed by atoms with Crippen molar-refractivity contribution in [3.05, 3.63) is 44.8 Å². The number of thiocarbonyl (C=S) groups is 1. The lowest BCUT2D eigenvalue weighted by atomic mass is 10.1. The van der Waals surface area contributed by atoms with Gasteiger partial charge in [-0.05, 0) is 35.1 Å². The van der Waals surface area contributed by atoms with Crippen LogP contribution in [0, 0.1) is 0 Å². The second kappa shape index (κ2) is 4.79. The Balaban J connectivity index is 1.93. The van der Waals surface area contributed by atoms with Crippen molar-refractivity contribution in [2.24, 2.45) is 10.8 Å². The Morgan fingerprint density at radius 1 is 1.33 bits per heavy atom. The zero-order valence-electron chi connectivity index (χ0n) is 9.45. The molecule has 92 valence electrons. The van der Waals surface area contributed by atoms with E-state index in [2.05, 4.69) is 28.0 Å². The molecule has 18 heavy (non-hydrogen) atoms. The van der Waals surface area contributed by atoms with E-state index in [1.165, 1.54) is 9.75 Å². The van der Waals surface area contributed by atoms with Gasteiger partial charge in [0.15, 0.2) is 5.11 Å². The Kier molecular flexibility index (Phi) is 3.15. The minimum atomic E-state index is 0.152. The normalized spacial score (nSPS) is 19.0. The quantitative estimate of drug-likeness (QED) is 0.865. The van der Waals surface area contributed by atoms with Crippen molar-refractivity contribution in [1.29, 1.82) is 0 Å². The Morgan fingerprint density at radius 3 is 2.72 bits per heavy atom. The molecule has 0 saturated carbocycles. The second-order valence-corrected chi connectivity index (χ2v) is 6.29. The first-order chi connectivity index (χ1) is 8.75. The van der Waals surface area contributed by atoms with Crippen molar-refractivity contribution >= 4 is 45.7 Å². The fourth-order valence-electron chi connectivity index (χ4n) is 2.01. The fraction of sp³-hybridized carbons (Fsp3) is 0.167. The van der Waals surface area contributed by atoms with Gasteiger partial charge in [-0.3, -0.25) is 0 Å². The van der Waals surface area contributed by atoms with Crippen LogP contribution in [0.15, 0.2) is 40.1 Å². The number of hydrogen-bond donors (Lipinski definition) is 1. The van der Waals surface area contributed by atoms with Crippen LogP contribution in [0.5, 0.6) is 0 Å². The highest BCUT2D eigenvalue weighted by molar-refractivity contribution is 7.80. The Morgan fingerprint density at radius 2 is 2.11 bits per heavy atom. The molecule has 1 aliphatic heterocycles. The number of hydrogen-bond acceptors (Lipinski definition) is 4. The third-order valence-electron chi connectivity index (χ3n) is 2.81. The van der Waals surface area contributed by atoms with E-state index in [1.807, 2.05) is 12.1 Å². The summed E-state index contributed by atoms with van der Waals surface area (Å²) in [5, 5.41) is 10.8. The van der Waals surface area contributed by atoms with E-state index in [0.29, 0.717) is 5.11 Å². The molecule has 2 N–H and O–H groups in total. The predicted octanol–water partition coefficient (Wildman–Crippen LogP) is 3.20. The van der Waals surface area contributed by atoms with Crippen LogP contribution in [-0.2, 0) is 0 Å². The molecule has 0 radical (unpaired) electrons. The Labute approximate surface area is 119 Å². The van der Waals surface area contributed by atoms with Gasteiger partial charge in [0.1, 0.15) is 0 Å². The molecule has 1 atom stereocenters. The lowest BCUT2D eigenvalue weighted by molar-refractivity contribution is 0.378. The molecule has 2 aromatic heterocycles. The van der Waals surface area contributed by atoms with Gasteiger partial charge in [0.2, 0.25) is 0 Å². The second-order valence-electron chi connectivity index (χ2n) is 3.94. The first-order valence-electron chi connectivity index (χ1n) is 5.49. The van der Waals surface area contributed by atoms with Crippen LogP contribution in [0.25, 0.3) is 0 Å². The van der Waals surface area contributed by atoms with Crippen LogP contribution in [-0.4, -0.2) is 15.8 Å². The molecule has 0 aromatic carbocycles. The molecule has 0 fully saturated rings. The first-order valence-corrected chi connectivity index (χ1v) is 7.66. The Hall–Kier alpha value is -1.24. The van der Waals surface area contributed by atoms with Gasteiger partial charge in [0.25, 0.3) is 0 Å². The van der Waals surface area contributed by atoms with Crippen LogP contribution < -0.4 is 5.73 Å². The highest BCUT2D eigenvalue weighted by Gasteiger charge is 2.31. The molecular weight excluding hydrogens is 282 g/mol. The number of rotatable bonds is 2. The molecule has 0 unspecified atom stereocenters. The maximum absolute atomic E-state index is 5.77. The molecule has 3 rings (SSSR count). The van der Waals surface area contributed by atoms with Gasteiger partial charge >= 0.3 is 0 Å². The van der Waals surface area contributed by atoms with E-state index >= 15 is 0 Å². The third-order valence-corrected chi connectivity index (χ3v) is 4.89. The molecule has 0 bridgehead atoms. The minimum Gasteiger partial charge on any atom is -0.375 e. The molecule has 6 heteroatoms. The van der Waals surface area contributed by atoms with Crippen LogP contribution in [0.3, 0.4) is 0 Å². The van der Waals surface area contributed by atoms with E-state index in [-0.39, 0.29) is 6.04 Å². The van der Waals surface area contributed by atoms with Crippen LogP contribution in [0.2, 0.25) is 0 Å². The molecule has 3 nitrogen and oxygen atoms in total. The molecule has 2 aromatic rings. The minimum absolute atomic E-state index is 0.152. The summed E-state index contributed by atoms with van der Waals surface area (Å²) in [5.74, 6) is 0. The third kappa shape index (κ3) is 2.07. The smallest absolute Gasteiger partial charge is 0.187 e. The van der Waals surface area contributed by atoms with Gasteiger partial charge in [-0.25, -0.2) is 5.01 Å². The molecule has 3 heterocycles. The summed E-state index contributed by atoms with van der Waals surface area (Å²) in [7, 11) is 0. The first kappa shape index (κ1) is 11.8. The fourth-order valence-corrected chi connectivity index (χ4v) is 3.71. The summed E-state index contributed by atoms with van der Waals surface area (Å²) in [6.45, 7) is 0. The highest BCUT2D eigenvalue weighted by Crippen LogP contribution is 2.35. The highest BCUT2D eigenvalue weighted by atomic mass is 32.1. The largest absolute Gasteiger partial charge is 0.375 e. The van der Waals surface area contributed by atoms with Crippen LogP contribution in [0.1, 0.15) is 22.2 Å². The van der Waals surface area contributed by atoms with Crippen molar-refractivity contribution in [3.8, 4) is 0 Å². The van der Waals surface area contributed by atoms with Gasteiger partial charge in [-0.1, -0.05) is 12.1 Å². The standard InChI is InChI=1S/C12H11N3S3/c13-12(16)15-9(11-4-2-6-18-11)7-8(14-15)10-3-1-5-17-10/h1-6,9H,7H2,(H2,13,16)/t9-/m1/s1. The van der Waals surface area contributed by atoms with Gasteiger partial charge in [0.05, 0.1) is 16.6 Å². The Bertz CT molecular complexity index is 572. The predicted molar refractivity (Wildman–Crippen MR) is 81.2 cm³/mol. The van der Waals surface area contributed by atoms with Gasteiger partial charge in [-0.15, -0.1) is 22.7 Å². The summed E-state index contributed by atoms with van der Waals surface area (Å²) in [6, 6.07) is 8.41. The van der Waals surface area contributed by atoms with Crippen LogP contribution >= 0.6 is 34.9 Å². The SMILES string of the molecule is NC(=S)N1N=C(c2cccs2)C[C@@H]1c1cccs1. The van der Waals surface area contributed by atoms with E-state index in [0.717, 1.165) is 12.1 Å². The number of hydrazone groups is 1. The summed E-state index contributed by atoms with van der Waals surface area (Å²) in [6.07, 6.45) is 0.859. The van der Waals surface area contributed by atoms with Gasteiger partial charge in [0, 0.05) is 11.3 Å². The average molecular weight is 293 g/mol. The van der Waals surface area contributed by atoms with E-state index < -0.39 is 0 Å². The zero-order chi connectivity index (χ0) is 12.5. The maximum Gasteiger partial charge on any atom is 0.187 e.